The number of carbonyl (C=O) groups excluding carboxylic acids is 1. The smallest absolute Gasteiger partial charge is 0.190 e. The summed E-state index contributed by atoms with van der Waals surface area (Å²) in [7, 11) is -3.31. The molecule has 0 N–H and O–H groups in total. The van der Waals surface area contributed by atoms with Crippen LogP contribution < -0.4 is 0 Å². The first-order chi connectivity index (χ1) is 6.99. The fraction of sp³-hybridized carbons (Fsp3) is 0.300. The Bertz CT molecular complexity index is 439. The van der Waals surface area contributed by atoms with Gasteiger partial charge in [-0.25, -0.2) is 8.42 Å². The van der Waals surface area contributed by atoms with Crippen molar-refractivity contribution in [1.82, 2.24) is 0 Å². The molecule has 0 aliphatic carbocycles. The van der Waals surface area contributed by atoms with Gasteiger partial charge in [-0.1, -0.05) is 59.8 Å². The van der Waals surface area contributed by atoms with Gasteiger partial charge in [0.25, 0.3) is 0 Å². The molecule has 82 valence electrons. The summed E-state index contributed by atoms with van der Waals surface area (Å²) in [6, 6.07) is 8.47. The average Bonchev–Trinajstić information content (AvgIpc) is 2.28. The Hall–Kier alpha value is -0.430. The van der Waals surface area contributed by atoms with Crippen molar-refractivity contribution >= 4 is 38.2 Å². The van der Waals surface area contributed by atoms with E-state index < -0.39 is 13.1 Å². The molecule has 0 spiro atoms. The van der Waals surface area contributed by atoms with Crippen molar-refractivity contribution in [3.05, 3.63) is 35.9 Å². The number of carbonyl (C=O) groups is 1. The summed E-state index contributed by atoms with van der Waals surface area (Å²) in [5.74, 6) is -0.364. The molecule has 0 aliphatic heterocycles. The Morgan fingerprint density at radius 2 is 1.87 bits per heavy atom. The Balaban J connectivity index is 2.97. The van der Waals surface area contributed by atoms with E-state index in [4.69, 9.17) is 0 Å². The maximum Gasteiger partial charge on any atom is 0.190 e. The summed E-state index contributed by atoms with van der Waals surface area (Å²) >= 11 is 1.68. The zero-order valence-corrected chi connectivity index (χ0v) is 11.2. The molecule has 0 aliphatic rings. The number of Topliss-reactive ketones (excluding diaryl/α,β-unsaturated/α-hetero) is 1. The van der Waals surface area contributed by atoms with Crippen LogP contribution in [0, 0.1) is 0 Å². The fourth-order valence-electron chi connectivity index (χ4n) is 1.04. The van der Waals surface area contributed by atoms with Crippen molar-refractivity contribution in [1.29, 1.82) is 0 Å². The molecule has 0 bridgehead atoms. The number of benzene rings is 1. The number of rotatable bonds is 4. The molecular weight excluding hydrogens is 327 g/mol. The Labute approximate surface area is 103 Å². The van der Waals surface area contributed by atoms with Crippen molar-refractivity contribution in [3.63, 3.8) is 0 Å². The average molecular weight is 338 g/mol. The zero-order chi connectivity index (χ0) is 11.5. The molecule has 0 saturated carbocycles. The first kappa shape index (κ1) is 12.6. The van der Waals surface area contributed by atoms with Crippen LogP contribution in [-0.2, 0) is 9.84 Å². The second kappa shape index (κ2) is 5.07. The van der Waals surface area contributed by atoms with Crippen LogP contribution >= 0.6 is 22.6 Å². The summed E-state index contributed by atoms with van der Waals surface area (Å²) < 4.78 is 22.0. The molecule has 1 atom stereocenters. The van der Waals surface area contributed by atoms with Gasteiger partial charge in [0.1, 0.15) is 0 Å². The summed E-state index contributed by atoms with van der Waals surface area (Å²) in [6.07, 6.45) is 0. The van der Waals surface area contributed by atoms with E-state index in [0.717, 1.165) is 0 Å². The lowest BCUT2D eigenvalue weighted by molar-refractivity contribution is 0.101. The minimum absolute atomic E-state index is 0.0147. The van der Waals surface area contributed by atoms with Gasteiger partial charge >= 0.3 is 0 Å². The van der Waals surface area contributed by atoms with Gasteiger partial charge in [0.2, 0.25) is 0 Å². The van der Waals surface area contributed by atoms with E-state index >= 15 is 0 Å². The van der Waals surface area contributed by atoms with E-state index in [0.29, 0.717) is 5.56 Å². The Kier molecular flexibility index (Phi) is 4.27. The number of ketones is 1. The number of sulfone groups is 1. The van der Waals surface area contributed by atoms with E-state index in [1.54, 1.807) is 59.8 Å². The van der Waals surface area contributed by atoms with E-state index in [2.05, 4.69) is 0 Å². The van der Waals surface area contributed by atoms with Gasteiger partial charge in [0.05, 0.1) is 0 Å². The van der Waals surface area contributed by atoms with E-state index in [1.807, 2.05) is 0 Å². The van der Waals surface area contributed by atoms with Crippen LogP contribution in [-0.4, -0.2) is 23.2 Å². The van der Waals surface area contributed by atoms with Crippen LogP contribution in [0.3, 0.4) is 0 Å². The lowest BCUT2D eigenvalue weighted by Crippen LogP contribution is -2.25. The molecule has 1 aromatic carbocycles. The molecule has 1 rings (SSSR count). The normalized spacial score (nSPS) is 13.5. The maximum absolute atomic E-state index is 11.8. The summed E-state index contributed by atoms with van der Waals surface area (Å²) in [6.45, 7) is 1.54. The molecular formula is C10H11IO3S. The van der Waals surface area contributed by atoms with Gasteiger partial charge in [-0.05, 0) is 0 Å². The largest absolute Gasteiger partial charge is 0.292 e. The number of halogens is 1. The zero-order valence-electron chi connectivity index (χ0n) is 8.18. The number of alkyl halides is 1. The molecule has 0 unspecified atom stereocenters. The van der Waals surface area contributed by atoms with E-state index in [9.17, 15) is 13.2 Å². The lowest BCUT2D eigenvalue weighted by atomic mass is 10.2. The first-order valence-corrected chi connectivity index (χ1v) is 7.40. The fourth-order valence-corrected chi connectivity index (χ4v) is 3.24. The molecule has 0 fully saturated rings. The molecule has 3 nitrogen and oxygen atoms in total. The van der Waals surface area contributed by atoms with Gasteiger partial charge in [0, 0.05) is 11.3 Å². The van der Waals surface area contributed by atoms with E-state index in [1.165, 1.54) is 0 Å². The van der Waals surface area contributed by atoms with Crippen molar-refractivity contribution in [3.8, 4) is 0 Å². The standard InChI is InChI=1S/C10H11IO3S/c1-2-15(13,14)10(11)9(12)8-6-4-3-5-7-8/h3-7,10H,2H2,1H3/t10-/m0/s1. The lowest BCUT2D eigenvalue weighted by Gasteiger charge is -2.08. The first-order valence-electron chi connectivity index (χ1n) is 4.44. The second-order valence-electron chi connectivity index (χ2n) is 3.00. The number of hydrogen-bond donors (Lipinski definition) is 0. The number of hydrogen-bond acceptors (Lipinski definition) is 3. The highest BCUT2D eigenvalue weighted by molar-refractivity contribution is 14.1. The van der Waals surface area contributed by atoms with Gasteiger partial charge in [-0.3, -0.25) is 4.79 Å². The van der Waals surface area contributed by atoms with Crippen LogP contribution in [0.25, 0.3) is 0 Å². The minimum atomic E-state index is -3.31. The van der Waals surface area contributed by atoms with Crippen molar-refractivity contribution in [2.75, 3.05) is 5.75 Å². The molecule has 0 amide bonds. The quantitative estimate of drug-likeness (QED) is 0.480. The monoisotopic (exact) mass is 338 g/mol. The third kappa shape index (κ3) is 3.01. The van der Waals surface area contributed by atoms with Crippen LogP contribution in [0.2, 0.25) is 0 Å². The summed E-state index contributed by atoms with van der Waals surface area (Å²) in [5.41, 5.74) is 0.439. The van der Waals surface area contributed by atoms with Crippen molar-refractivity contribution < 1.29 is 13.2 Å². The molecule has 5 heteroatoms. The van der Waals surface area contributed by atoms with Crippen molar-refractivity contribution in [2.45, 2.75) is 10.2 Å². The SMILES string of the molecule is CCS(=O)(=O)[C@H](I)C(=O)c1ccccc1. The molecule has 0 saturated heterocycles. The molecule has 1 aromatic rings. The van der Waals surface area contributed by atoms with Crippen LogP contribution in [0.5, 0.6) is 0 Å². The molecule has 15 heavy (non-hydrogen) atoms. The van der Waals surface area contributed by atoms with Crippen LogP contribution in [0.15, 0.2) is 30.3 Å². The van der Waals surface area contributed by atoms with E-state index in [-0.39, 0.29) is 11.5 Å². The molecule has 0 heterocycles. The van der Waals surface area contributed by atoms with Crippen molar-refractivity contribution in [2.24, 2.45) is 0 Å². The highest BCUT2D eigenvalue weighted by atomic mass is 127. The second-order valence-corrected chi connectivity index (χ2v) is 7.46. The topological polar surface area (TPSA) is 51.2 Å². The predicted molar refractivity (Wildman–Crippen MR) is 68.0 cm³/mol. The van der Waals surface area contributed by atoms with Crippen LogP contribution in [0.4, 0.5) is 0 Å². The predicted octanol–water partition coefficient (Wildman–Crippen LogP) is 2.07. The minimum Gasteiger partial charge on any atom is -0.292 e. The highest BCUT2D eigenvalue weighted by Crippen LogP contribution is 2.17. The molecule has 0 aromatic heterocycles. The Morgan fingerprint density at radius 3 is 2.33 bits per heavy atom. The highest BCUT2D eigenvalue weighted by Gasteiger charge is 2.28. The Morgan fingerprint density at radius 1 is 1.33 bits per heavy atom. The van der Waals surface area contributed by atoms with Crippen LogP contribution in [0.1, 0.15) is 17.3 Å². The third-order valence-electron chi connectivity index (χ3n) is 1.98. The summed E-state index contributed by atoms with van der Waals surface area (Å²) in [4.78, 5) is 11.8. The third-order valence-corrected chi connectivity index (χ3v) is 6.52. The van der Waals surface area contributed by atoms with Gasteiger partial charge in [0.15, 0.2) is 18.9 Å². The molecule has 0 radical (unpaired) electrons. The van der Waals surface area contributed by atoms with Gasteiger partial charge < -0.3 is 0 Å². The van der Waals surface area contributed by atoms with Gasteiger partial charge in [-0.2, -0.15) is 0 Å². The summed E-state index contributed by atoms with van der Waals surface area (Å²) in [5, 5.41) is 0. The van der Waals surface area contributed by atoms with Gasteiger partial charge in [-0.15, -0.1) is 0 Å². The maximum atomic E-state index is 11.8.